The minimum Gasteiger partial charge on any atom is -0.504 e. The van der Waals surface area contributed by atoms with Crippen molar-refractivity contribution in [2.75, 3.05) is 13.0 Å². The number of nitrogens with zero attached hydrogens (tertiary/aromatic N) is 1. The number of aromatic hydroxyl groups is 1. The first-order chi connectivity index (χ1) is 8.65. The number of phenols is 1. The van der Waals surface area contributed by atoms with Crippen molar-refractivity contribution >= 4 is 29.4 Å². The van der Waals surface area contributed by atoms with Gasteiger partial charge in [-0.2, -0.15) is 0 Å². The van der Waals surface area contributed by atoms with E-state index in [2.05, 4.69) is 9.99 Å². The minimum absolute atomic E-state index is 0.0277. The molecule has 1 aromatic rings. The fraction of sp³-hybridized carbons (Fsp3) is 0.167. The molecule has 0 saturated heterocycles. The van der Waals surface area contributed by atoms with Gasteiger partial charge in [-0.25, -0.2) is 4.79 Å². The lowest BCUT2D eigenvalue weighted by atomic mass is 10.1. The van der Waals surface area contributed by atoms with Gasteiger partial charge in [-0.3, -0.25) is 0 Å². The molecule has 0 aromatic heterocycles. The van der Waals surface area contributed by atoms with E-state index in [-0.39, 0.29) is 11.6 Å². The zero-order valence-corrected chi connectivity index (χ0v) is 10.3. The number of hydrogen-bond donors (Lipinski definition) is 1. The third kappa shape index (κ3) is 2.31. The number of carbonyl (C=O) groups is 1. The first-order valence-electron chi connectivity index (χ1n) is 5.09. The Hall–Kier alpha value is -2.01. The number of benzene rings is 1. The van der Waals surface area contributed by atoms with Crippen LogP contribution in [0.15, 0.2) is 28.9 Å². The van der Waals surface area contributed by atoms with Gasteiger partial charge in [-0.05, 0) is 23.8 Å². The zero-order valence-electron chi connectivity index (χ0n) is 9.51. The Morgan fingerprint density at radius 2 is 2.33 bits per heavy atom. The van der Waals surface area contributed by atoms with Gasteiger partial charge in [-0.15, -0.1) is 11.6 Å². The van der Waals surface area contributed by atoms with Crippen molar-refractivity contribution in [3.8, 4) is 11.5 Å². The topological polar surface area (TPSA) is 68.1 Å². The Morgan fingerprint density at radius 3 is 3.00 bits per heavy atom. The van der Waals surface area contributed by atoms with E-state index in [1.54, 1.807) is 18.2 Å². The van der Waals surface area contributed by atoms with Crippen molar-refractivity contribution < 1.29 is 19.5 Å². The van der Waals surface area contributed by atoms with Crippen molar-refractivity contribution in [2.24, 2.45) is 5.16 Å². The lowest BCUT2D eigenvalue weighted by Gasteiger charge is -2.04. The molecule has 5 nitrogen and oxygen atoms in total. The summed E-state index contributed by atoms with van der Waals surface area (Å²) in [5.74, 6) is -0.107. The molecule has 0 fully saturated rings. The van der Waals surface area contributed by atoms with Crippen molar-refractivity contribution in [3.05, 3.63) is 29.3 Å². The summed E-state index contributed by atoms with van der Waals surface area (Å²) in [7, 11) is 1.45. The van der Waals surface area contributed by atoms with Gasteiger partial charge in [0.1, 0.15) is 5.71 Å². The highest BCUT2D eigenvalue weighted by Crippen LogP contribution is 2.28. The average Bonchev–Trinajstić information content (AvgIpc) is 2.73. The van der Waals surface area contributed by atoms with Gasteiger partial charge in [0.15, 0.2) is 11.5 Å². The van der Waals surface area contributed by atoms with E-state index in [1.807, 2.05) is 0 Å². The van der Waals surface area contributed by atoms with Crippen LogP contribution in [0.4, 0.5) is 0 Å². The van der Waals surface area contributed by atoms with Crippen LogP contribution in [-0.2, 0) is 9.63 Å². The van der Waals surface area contributed by atoms with Crippen molar-refractivity contribution in [1.29, 1.82) is 0 Å². The van der Waals surface area contributed by atoms with Crippen molar-refractivity contribution in [3.63, 3.8) is 0 Å². The molecule has 6 heteroatoms. The number of rotatable bonds is 3. The van der Waals surface area contributed by atoms with E-state index in [9.17, 15) is 9.90 Å². The monoisotopic (exact) mass is 267 g/mol. The molecule has 0 atom stereocenters. The molecule has 0 radical (unpaired) electrons. The summed E-state index contributed by atoms with van der Waals surface area (Å²) >= 11 is 5.65. The van der Waals surface area contributed by atoms with Gasteiger partial charge >= 0.3 is 5.97 Å². The molecule has 0 aliphatic carbocycles. The van der Waals surface area contributed by atoms with Crippen LogP contribution in [0, 0.1) is 0 Å². The van der Waals surface area contributed by atoms with Crippen molar-refractivity contribution in [2.45, 2.75) is 0 Å². The number of hydrogen-bond acceptors (Lipinski definition) is 5. The third-order valence-corrected chi connectivity index (χ3v) is 2.66. The van der Waals surface area contributed by atoms with Crippen LogP contribution in [0.1, 0.15) is 5.56 Å². The van der Waals surface area contributed by atoms with Gasteiger partial charge in [0, 0.05) is 0 Å². The molecular weight excluding hydrogens is 258 g/mol. The van der Waals surface area contributed by atoms with Gasteiger partial charge in [0.25, 0.3) is 0 Å². The normalized spacial score (nSPS) is 16.7. The summed E-state index contributed by atoms with van der Waals surface area (Å²) in [6.07, 6.45) is 1.58. The van der Waals surface area contributed by atoms with Crippen LogP contribution in [-0.4, -0.2) is 29.8 Å². The summed E-state index contributed by atoms with van der Waals surface area (Å²) < 4.78 is 4.98. The van der Waals surface area contributed by atoms with Crippen LogP contribution < -0.4 is 4.74 Å². The summed E-state index contributed by atoms with van der Waals surface area (Å²) in [6.45, 7) is 0. The molecule has 1 heterocycles. The molecule has 1 aliphatic rings. The van der Waals surface area contributed by atoms with Crippen LogP contribution in [0.3, 0.4) is 0 Å². The second-order valence-corrected chi connectivity index (χ2v) is 3.81. The minimum atomic E-state index is -0.544. The molecule has 0 spiro atoms. The van der Waals surface area contributed by atoms with E-state index in [4.69, 9.17) is 16.3 Å². The standard InChI is InChI=1S/C12H10ClNO4/c1-17-11-5-7(2-3-10(11)15)4-8-9(6-13)14-18-12(8)16/h2-5,15H,6H2,1H3. The smallest absolute Gasteiger partial charge is 0.367 e. The summed E-state index contributed by atoms with van der Waals surface area (Å²) in [5.41, 5.74) is 1.36. The SMILES string of the molecule is COc1cc(C=C2C(=O)ON=C2CCl)ccc1O. The van der Waals surface area contributed by atoms with Gasteiger partial charge < -0.3 is 14.7 Å². The summed E-state index contributed by atoms with van der Waals surface area (Å²) in [5, 5.41) is 13.0. The Morgan fingerprint density at radius 1 is 1.56 bits per heavy atom. The number of oxime groups is 1. The second-order valence-electron chi connectivity index (χ2n) is 3.54. The zero-order chi connectivity index (χ0) is 13.1. The van der Waals surface area contributed by atoms with Crippen molar-refractivity contribution in [1.82, 2.24) is 0 Å². The van der Waals surface area contributed by atoms with E-state index in [0.29, 0.717) is 22.6 Å². The molecule has 94 valence electrons. The highest BCUT2D eigenvalue weighted by Gasteiger charge is 2.24. The lowest BCUT2D eigenvalue weighted by Crippen LogP contribution is -2.06. The van der Waals surface area contributed by atoms with Gasteiger partial charge in [0.05, 0.1) is 18.6 Å². The quantitative estimate of drug-likeness (QED) is 0.516. The number of ether oxygens (including phenoxy) is 1. The molecule has 1 N–H and O–H groups in total. The number of alkyl halides is 1. The average molecular weight is 268 g/mol. The first kappa shape index (κ1) is 12.4. The van der Waals surface area contributed by atoms with E-state index >= 15 is 0 Å². The largest absolute Gasteiger partial charge is 0.504 e. The molecule has 0 unspecified atom stereocenters. The number of phenolic OH excluding ortho intramolecular Hbond substituents is 1. The Bertz CT molecular complexity index is 551. The third-order valence-electron chi connectivity index (χ3n) is 2.41. The van der Waals surface area contributed by atoms with E-state index < -0.39 is 5.97 Å². The number of halogens is 1. The summed E-state index contributed by atoms with van der Waals surface area (Å²) in [6, 6.07) is 4.71. The Balaban J connectivity index is 2.38. The molecule has 0 amide bonds. The van der Waals surface area contributed by atoms with Gasteiger partial charge in [-0.1, -0.05) is 11.2 Å². The molecule has 0 saturated carbocycles. The fourth-order valence-corrected chi connectivity index (χ4v) is 1.69. The maximum Gasteiger partial charge on any atom is 0.367 e. The fourth-order valence-electron chi connectivity index (χ4n) is 1.50. The maximum absolute atomic E-state index is 11.4. The number of methoxy groups -OCH3 is 1. The van der Waals surface area contributed by atoms with E-state index in [1.165, 1.54) is 13.2 Å². The van der Waals surface area contributed by atoms with Crippen LogP contribution in [0.2, 0.25) is 0 Å². The highest BCUT2D eigenvalue weighted by atomic mass is 35.5. The summed E-state index contributed by atoms with van der Waals surface area (Å²) in [4.78, 5) is 16.0. The first-order valence-corrected chi connectivity index (χ1v) is 5.62. The molecule has 1 aromatic carbocycles. The van der Waals surface area contributed by atoms with E-state index in [0.717, 1.165) is 0 Å². The lowest BCUT2D eigenvalue weighted by molar-refractivity contribution is -0.136. The Kier molecular flexibility index (Phi) is 3.53. The predicted molar refractivity (Wildman–Crippen MR) is 66.9 cm³/mol. The maximum atomic E-state index is 11.4. The molecule has 2 rings (SSSR count). The molecular formula is C12H10ClNO4. The number of carbonyl (C=O) groups excluding carboxylic acids is 1. The predicted octanol–water partition coefficient (Wildman–Crippen LogP) is 1.94. The second kappa shape index (κ2) is 5.10. The Labute approximate surface area is 108 Å². The van der Waals surface area contributed by atoms with Gasteiger partial charge in [0.2, 0.25) is 0 Å². The molecule has 18 heavy (non-hydrogen) atoms. The van der Waals surface area contributed by atoms with Crippen LogP contribution in [0.5, 0.6) is 11.5 Å². The molecule has 1 aliphatic heterocycles. The van der Waals surface area contributed by atoms with Crippen LogP contribution >= 0.6 is 11.6 Å². The van der Waals surface area contributed by atoms with Crippen LogP contribution in [0.25, 0.3) is 6.08 Å². The highest BCUT2D eigenvalue weighted by molar-refractivity contribution is 6.38. The molecule has 0 bridgehead atoms.